The molecule has 2 N–H and O–H groups in total. The Morgan fingerprint density at radius 2 is 1.80 bits per heavy atom. The molecule has 0 aromatic heterocycles. The Labute approximate surface area is 181 Å². The fourth-order valence-electron chi connectivity index (χ4n) is 3.41. The van der Waals surface area contributed by atoms with E-state index in [-0.39, 0.29) is 30.7 Å². The minimum atomic E-state index is -0.299. The number of nitrogens with zero attached hydrogens (tertiary/aromatic N) is 2. The van der Waals surface area contributed by atoms with E-state index in [2.05, 4.69) is 20.4 Å². The highest BCUT2D eigenvalue weighted by molar-refractivity contribution is 6.31. The van der Waals surface area contributed by atoms with E-state index in [1.54, 1.807) is 30.3 Å². The summed E-state index contributed by atoms with van der Waals surface area (Å²) < 4.78 is 13.1. The second-order valence-electron chi connectivity index (χ2n) is 7.33. The zero-order valence-electron chi connectivity index (χ0n) is 17.0. The lowest BCUT2D eigenvalue weighted by Crippen LogP contribution is -2.41. The van der Waals surface area contributed by atoms with Gasteiger partial charge < -0.3 is 15.5 Å². The Kier molecular flexibility index (Phi) is 7.65. The zero-order chi connectivity index (χ0) is 21.5. The normalized spacial score (nSPS) is 14.8. The van der Waals surface area contributed by atoms with Crippen molar-refractivity contribution in [3.63, 3.8) is 0 Å². The van der Waals surface area contributed by atoms with E-state index in [1.807, 2.05) is 6.92 Å². The molecule has 1 fully saturated rings. The smallest absolute Gasteiger partial charge is 0.243 e. The summed E-state index contributed by atoms with van der Waals surface area (Å²) in [7, 11) is 0. The van der Waals surface area contributed by atoms with Crippen LogP contribution in [0.1, 0.15) is 12.0 Å². The predicted molar refractivity (Wildman–Crippen MR) is 117 cm³/mol. The highest BCUT2D eigenvalue weighted by atomic mass is 35.5. The van der Waals surface area contributed by atoms with Crippen LogP contribution < -0.4 is 15.5 Å². The van der Waals surface area contributed by atoms with Crippen molar-refractivity contribution in [2.75, 3.05) is 49.5 Å². The predicted octanol–water partition coefficient (Wildman–Crippen LogP) is 3.05. The summed E-state index contributed by atoms with van der Waals surface area (Å²) >= 11 is 6.06. The number of rotatable bonds is 6. The van der Waals surface area contributed by atoms with Crippen LogP contribution in [-0.2, 0) is 9.59 Å². The average molecular weight is 433 g/mol. The van der Waals surface area contributed by atoms with Crippen LogP contribution in [0.4, 0.5) is 15.8 Å². The molecule has 0 aliphatic carbocycles. The quantitative estimate of drug-likeness (QED) is 0.736. The lowest BCUT2D eigenvalue weighted by atomic mass is 10.2. The van der Waals surface area contributed by atoms with Crippen molar-refractivity contribution < 1.29 is 14.0 Å². The molecule has 0 spiro atoms. The molecule has 6 nitrogen and oxygen atoms in total. The number of anilines is 2. The van der Waals surface area contributed by atoms with Gasteiger partial charge in [0.25, 0.3) is 0 Å². The molecule has 2 aromatic rings. The molecule has 0 bridgehead atoms. The molecule has 2 amide bonds. The van der Waals surface area contributed by atoms with E-state index in [0.717, 1.165) is 43.9 Å². The Morgan fingerprint density at radius 3 is 2.57 bits per heavy atom. The molecule has 1 heterocycles. The van der Waals surface area contributed by atoms with Crippen molar-refractivity contribution in [3.8, 4) is 0 Å². The van der Waals surface area contributed by atoms with Gasteiger partial charge in [0.05, 0.1) is 13.1 Å². The molecule has 0 atom stereocenters. The maximum Gasteiger partial charge on any atom is 0.243 e. The molecular formula is C22H26ClFN4O2. The Balaban J connectivity index is 1.43. The maximum atomic E-state index is 13.1. The van der Waals surface area contributed by atoms with E-state index >= 15 is 0 Å². The summed E-state index contributed by atoms with van der Waals surface area (Å²) in [5.74, 6) is -0.739. The monoisotopic (exact) mass is 432 g/mol. The summed E-state index contributed by atoms with van der Waals surface area (Å²) in [5.41, 5.74) is 2.40. The standard InChI is InChI=1S/C22H26ClFN4O2/c1-16-19(23)4-2-5-20(16)26-21(29)14-25-22(30)15-27-10-3-11-28(13-12-27)18-8-6-17(24)7-9-18/h2,4-9H,3,10-15H2,1H3,(H,25,30)(H,26,29). The number of hydrogen-bond acceptors (Lipinski definition) is 4. The van der Waals surface area contributed by atoms with Crippen LogP contribution >= 0.6 is 11.6 Å². The highest BCUT2D eigenvalue weighted by Crippen LogP contribution is 2.22. The lowest BCUT2D eigenvalue weighted by molar-refractivity contribution is -0.125. The van der Waals surface area contributed by atoms with Crippen molar-refractivity contribution in [1.29, 1.82) is 0 Å². The summed E-state index contributed by atoms with van der Waals surface area (Å²) in [6, 6.07) is 11.8. The molecule has 0 radical (unpaired) electrons. The Bertz CT molecular complexity index is 891. The van der Waals surface area contributed by atoms with Gasteiger partial charge >= 0.3 is 0 Å². The van der Waals surface area contributed by atoms with E-state index in [4.69, 9.17) is 11.6 Å². The molecule has 0 saturated carbocycles. The van der Waals surface area contributed by atoms with E-state index in [0.29, 0.717) is 10.7 Å². The van der Waals surface area contributed by atoms with Gasteiger partial charge in [-0.15, -0.1) is 0 Å². The van der Waals surface area contributed by atoms with Gasteiger partial charge in [-0.3, -0.25) is 14.5 Å². The third-order valence-electron chi connectivity index (χ3n) is 5.14. The van der Waals surface area contributed by atoms with Gasteiger partial charge in [-0.1, -0.05) is 17.7 Å². The van der Waals surface area contributed by atoms with Crippen molar-refractivity contribution >= 4 is 34.8 Å². The van der Waals surface area contributed by atoms with Gasteiger partial charge in [-0.2, -0.15) is 0 Å². The number of carbonyl (C=O) groups excluding carboxylic acids is 2. The number of nitrogens with one attached hydrogen (secondary N) is 2. The van der Waals surface area contributed by atoms with Crippen LogP contribution in [0.2, 0.25) is 5.02 Å². The van der Waals surface area contributed by atoms with Gasteiger partial charge in [0, 0.05) is 42.6 Å². The van der Waals surface area contributed by atoms with Crippen molar-refractivity contribution in [3.05, 3.63) is 58.9 Å². The second-order valence-corrected chi connectivity index (χ2v) is 7.74. The molecule has 8 heteroatoms. The molecule has 2 aromatic carbocycles. The number of amides is 2. The number of carbonyl (C=O) groups is 2. The fourth-order valence-corrected chi connectivity index (χ4v) is 3.59. The molecule has 1 aliphatic rings. The minimum Gasteiger partial charge on any atom is -0.370 e. The third-order valence-corrected chi connectivity index (χ3v) is 5.54. The van der Waals surface area contributed by atoms with Crippen LogP contribution in [0, 0.1) is 12.7 Å². The topological polar surface area (TPSA) is 64.7 Å². The number of hydrogen-bond donors (Lipinski definition) is 2. The third kappa shape index (κ3) is 6.18. The second kappa shape index (κ2) is 10.4. The first-order valence-electron chi connectivity index (χ1n) is 9.97. The summed E-state index contributed by atoms with van der Waals surface area (Å²) in [5, 5.41) is 6.01. The van der Waals surface area contributed by atoms with E-state index < -0.39 is 0 Å². The minimum absolute atomic E-state index is 0.0969. The lowest BCUT2D eigenvalue weighted by Gasteiger charge is -2.23. The van der Waals surface area contributed by atoms with Crippen LogP contribution in [0.25, 0.3) is 0 Å². The van der Waals surface area contributed by atoms with E-state index in [1.165, 1.54) is 12.1 Å². The van der Waals surface area contributed by atoms with Crippen molar-refractivity contribution in [1.82, 2.24) is 10.2 Å². The summed E-state index contributed by atoms with van der Waals surface area (Å²) in [6.45, 7) is 5.09. The molecule has 0 unspecified atom stereocenters. The van der Waals surface area contributed by atoms with Crippen LogP contribution in [0.15, 0.2) is 42.5 Å². The first kappa shape index (κ1) is 22.1. The molecule has 1 saturated heterocycles. The molecule has 30 heavy (non-hydrogen) atoms. The Hall–Kier alpha value is -2.64. The molecular weight excluding hydrogens is 407 g/mol. The molecule has 3 rings (SSSR count). The highest BCUT2D eigenvalue weighted by Gasteiger charge is 2.18. The van der Waals surface area contributed by atoms with Gasteiger partial charge in [0.2, 0.25) is 11.8 Å². The van der Waals surface area contributed by atoms with Crippen LogP contribution in [0.5, 0.6) is 0 Å². The largest absolute Gasteiger partial charge is 0.370 e. The zero-order valence-corrected chi connectivity index (χ0v) is 17.7. The van der Waals surface area contributed by atoms with Crippen molar-refractivity contribution in [2.24, 2.45) is 0 Å². The first-order valence-corrected chi connectivity index (χ1v) is 10.3. The molecule has 160 valence electrons. The maximum absolute atomic E-state index is 13.1. The average Bonchev–Trinajstić information content (AvgIpc) is 2.96. The van der Waals surface area contributed by atoms with Crippen molar-refractivity contribution in [2.45, 2.75) is 13.3 Å². The van der Waals surface area contributed by atoms with Crippen LogP contribution in [0.3, 0.4) is 0 Å². The first-order chi connectivity index (χ1) is 14.4. The fraction of sp³-hybridized carbons (Fsp3) is 0.364. The van der Waals surface area contributed by atoms with Gasteiger partial charge in [0.1, 0.15) is 5.82 Å². The van der Waals surface area contributed by atoms with Crippen LogP contribution in [-0.4, -0.2) is 56.0 Å². The van der Waals surface area contributed by atoms with Gasteiger partial charge in [-0.05, 0) is 55.3 Å². The van der Waals surface area contributed by atoms with E-state index in [9.17, 15) is 14.0 Å². The summed E-state index contributed by atoms with van der Waals surface area (Å²) in [6.07, 6.45) is 0.902. The van der Waals surface area contributed by atoms with Gasteiger partial charge in [-0.25, -0.2) is 4.39 Å². The number of benzene rings is 2. The molecule has 1 aliphatic heterocycles. The Morgan fingerprint density at radius 1 is 1.03 bits per heavy atom. The SMILES string of the molecule is Cc1c(Cl)cccc1NC(=O)CNC(=O)CN1CCCN(c2ccc(F)cc2)CC1. The van der Waals surface area contributed by atoms with Gasteiger partial charge in [0.15, 0.2) is 0 Å². The number of halogens is 2. The summed E-state index contributed by atoms with van der Waals surface area (Å²) in [4.78, 5) is 28.7.